The fraction of sp³-hybridized carbons (Fsp3) is 0.0476. The van der Waals surface area contributed by atoms with E-state index in [-0.39, 0.29) is 29.4 Å². The first kappa shape index (κ1) is 18.3. The molecule has 0 fully saturated rings. The maximum atomic E-state index is 13.0. The van der Waals surface area contributed by atoms with E-state index in [9.17, 15) is 18.4 Å². The Morgan fingerprint density at radius 3 is 2.00 bits per heavy atom. The van der Waals surface area contributed by atoms with Crippen molar-refractivity contribution in [1.82, 2.24) is 5.32 Å². The molecule has 136 valence electrons. The molecule has 0 aliphatic rings. The second kappa shape index (κ2) is 8.23. The van der Waals surface area contributed by atoms with Gasteiger partial charge in [0.25, 0.3) is 11.8 Å². The molecule has 0 atom stereocenters. The second-order valence-corrected chi connectivity index (χ2v) is 5.82. The summed E-state index contributed by atoms with van der Waals surface area (Å²) < 4.78 is 25.9. The molecule has 0 heterocycles. The van der Waals surface area contributed by atoms with Gasteiger partial charge in [-0.1, -0.05) is 24.3 Å². The summed E-state index contributed by atoms with van der Waals surface area (Å²) in [5.41, 5.74) is 1.65. The van der Waals surface area contributed by atoms with Gasteiger partial charge in [-0.05, 0) is 54.1 Å². The summed E-state index contributed by atoms with van der Waals surface area (Å²) >= 11 is 0. The minimum absolute atomic E-state index is 0.222. The van der Waals surface area contributed by atoms with Crippen molar-refractivity contribution >= 4 is 17.5 Å². The Balaban J connectivity index is 1.70. The quantitative estimate of drug-likeness (QED) is 0.713. The van der Waals surface area contributed by atoms with Gasteiger partial charge in [0, 0.05) is 12.1 Å². The lowest BCUT2D eigenvalue weighted by Gasteiger charge is -2.11. The number of carbonyl (C=O) groups excluding carboxylic acids is 2. The molecule has 3 aromatic rings. The lowest BCUT2D eigenvalue weighted by atomic mass is 10.1. The van der Waals surface area contributed by atoms with Crippen molar-refractivity contribution in [2.75, 3.05) is 5.32 Å². The number of benzene rings is 3. The normalized spacial score (nSPS) is 10.3. The summed E-state index contributed by atoms with van der Waals surface area (Å²) in [5.74, 6) is -1.62. The van der Waals surface area contributed by atoms with Gasteiger partial charge in [0.05, 0.1) is 11.3 Å². The predicted octanol–water partition coefficient (Wildman–Crippen LogP) is 4.15. The van der Waals surface area contributed by atoms with E-state index < -0.39 is 11.7 Å². The van der Waals surface area contributed by atoms with Gasteiger partial charge in [-0.15, -0.1) is 0 Å². The minimum Gasteiger partial charge on any atom is -0.348 e. The van der Waals surface area contributed by atoms with Crippen LogP contribution in [0.3, 0.4) is 0 Å². The smallest absolute Gasteiger partial charge is 0.255 e. The maximum absolute atomic E-state index is 13.0. The van der Waals surface area contributed by atoms with Crippen LogP contribution in [0.1, 0.15) is 26.3 Å². The van der Waals surface area contributed by atoms with E-state index in [2.05, 4.69) is 10.6 Å². The molecule has 0 radical (unpaired) electrons. The zero-order chi connectivity index (χ0) is 19.2. The minimum atomic E-state index is -0.450. The summed E-state index contributed by atoms with van der Waals surface area (Å²) in [6, 6.07) is 17.5. The largest absolute Gasteiger partial charge is 0.348 e. The molecule has 3 aromatic carbocycles. The van der Waals surface area contributed by atoms with E-state index in [4.69, 9.17) is 0 Å². The van der Waals surface area contributed by atoms with Crippen molar-refractivity contribution in [3.05, 3.63) is 101 Å². The summed E-state index contributed by atoms with van der Waals surface area (Å²) in [4.78, 5) is 24.8. The summed E-state index contributed by atoms with van der Waals surface area (Å²) in [7, 11) is 0. The molecule has 0 spiro atoms. The van der Waals surface area contributed by atoms with E-state index in [0.29, 0.717) is 5.69 Å². The third-order valence-electron chi connectivity index (χ3n) is 3.89. The molecule has 0 saturated carbocycles. The fourth-order valence-corrected chi connectivity index (χ4v) is 2.47. The van der Waals surface area contributed by atoms with Crippen LogP contribution in [0.25, 0.3) is 0 Å². The fourth-order valence-electron chi connectivity index (χ4n) is 2.47. The third kappa shape index (κ3) is 4.76. The number of amides is 2. The van der Waals surface area contributed by atoms with Crippen molar-refractivity contribution < 1.29 is 18.4 Å². The lowest BCUT2D eigenvalue weighted by Crippen LogP contribution is -2.24. The summed E-state index contributed by atoms with van der Waals surface area (Å²) in [6.45, 7) is 0.222. The Bertz CT molecular complexity index is 955. The lowest BCUT2D eigenvalue weighted by molar-refractivity contribution is 0.0952. The molecule has 2 amide bonds. The molecule has 0 unspecified atom stereocenters. The summed E-state index contributed by atoms with van der Waals surface area (Å²) in [6.07, 6.45) is 0. The van der Waals surface area contributed by atoms with E-state index >= 15 is 0 Å². The van der Waals surface area contributed by atoms with Crippen LogP contribution in [0.4, 0.5) is 14.5 Å². The average molecular weight is 366 g/mol. The Morgan fingerprint density at radius 2 is 1.33 bits per heavy atom. The molecule has 0 aliphatic carbocycles. The van der Waals surface area contributed by atoms with Crippen LogP contribution in [-0.4, -0.2) is 11.8 Å². The molecule has 6 heteroatoms. The number of carbonyl (C=O) groups is 2. The van der Waals surface area contributed by atoms with Gasteiger partial charge in [-0.3, -0.25) is 9.59 Å². The highest BCUT2D eigenvalue weighted by Gasteiger charge is 2.14. The standard InChI is InChI=1S/C21H16F2N2O2/c22-16-9-5-14(6-10-16)13-24-21(27)18-3-1-2-4-19(18)25-20(26)15-7-11-17(23)12-8-15/h1-12H,13H2,(H,24,27)(H,25,26). The zero-order valence-electron chi connectivity index (χ0n) is 14.2. The monoisotopic (exact) mass is 366 g/mol. The number of rotatable bonds is 5. The van der Waals surface area contributed by atoms with Gasteiger partial charge in [0.1, 0.15) is 11.6 Å². The highest BCUT2D eigenvalue weighted by Crippen LogP contribution is 2.17. The third-order valence-corrected chi connectivity index (χ3v) is 3.89. The predicted molar refractivity (Wildman–Crippen MR) is 98.4 cm³/mol. The van der Waals surface area contributed by atoms with Gasteiger partial charge < -0.3 is 10.6 Å². The first-order valence-electron chi connectivity index (χ1n) is 8.21. The Morgan fingerprint density at radius 1 is 0.741 bits per heavy atom. The number of para-hydroxylation sites is 1. The molecular weight excluding hydrogens is 350 g/mol. The number of nitrogens with one attached hydrogen (secondary N) is 2. The van der Waals surface area contributed by atoms with Gasteiger partial charge in [-0.2, -0.15) is 0 Å². The molecule has 0 aromatic heterocycles. The van der Waals surface area contributed by atoms with Crippen LogP contribution >= 0.6 is 0 Å². The molecule has 0 aliphatic heterocycles. The SMILES string of the molecule is O=C(Nc1ccccc1C(=O)NCc1ccc(F)cc1)c1ccc(F)cc1. The molecule has 0 saturated heterocycles. The van der Waals surface area contributed by atoms with Crippen LogP contribution in [0.5, 0.6) is 0 Å². The van der Waals surface area contributed by atoms with E-state index in [1.165, 1.54) is 36.4 Å². The van der Waals surface area contributed by atoms with E-state index in [0.717, 1.165) is 5.56 Å². The number of hydrogen-bond donors (Lipinski definition) is 2. The second-order valence-electron chi connectivity index (χ2n) is 5.82. The topological polar surface area (TPSA) is 58.2 Å². The van der Waals surface area contributed by atoms with Crippen LogP contribution < -0.4 is 10.6 Å². The van der Waals surface area contributed by atoms with Gasteiger partial charge in [-0.25, -0.2) is 8.78 Å². The van der Waals surface area contributed by atoms with Crippen LogP contribution in [0, 0.1) is 11.6 Å². The molecule has 4 nitrogen and oxygen atoms in total. The molecular formula is C21H16F2N2O2. The van der Waals surface area contributed by atoms with Gasteiger partial charge in [0.2, 0.25) is 0 Å². The van der Waals surface area contributed by atoms with Crippen molar-refractivity contribution in [3.63, 3.8) is 0 Å². The van der Waals surface area contributed by atoms with Crippen molar-refractivity contribution in [2.45, 2.75) is 6.54 Å². The number of hydrogen-bond acceptors (Lipinski definition) is 2. The highest BCUT2D eigenvalue weighted by atomic mass is 19.1. The molecule has 3 rings (SSSR count). The van der Waals surface area contributed by atoms with E-state index in [1.807, 2.05) is 0 Å². The Kier molecular flexibility index (Phi) is 5.56. The Hall–Kier alpha value is -3.54. The zero-order valence-corrected chi connectivity index (χ0v) is 14.2. The molecule has 27 heavy (non-hydrogen) atoms. The van der Waals surface area contributed by atoms with Crippen molar-refractivity contribution in [1.29, 1.82) is 0 Å². The van der Waals surface area contributed by atoms with Gasteiger partial charge in [0.15, 0.2) is 0 Å². The van der Waals surface area contributed by atoms with Crippen molar-refractivity contribution in [3.8, 4) is 0 Å². The first-order valence-corrected chi connectivity index (χ1v) is 8.21. The maximum Gasteiger partial charge on any atom is 0.255 e. The van der Waals surface area contributed by atoms with Crippen LogP contribution in [0.2, 0.25) is 0 Å². The average Bonchev–Trinajstić information content (AvgIpc) is 2.68. The number of anilines is 1. The Labute approximate surface area is 154 Å². The first-order chi connectivity index (χ1) is 13.0. The van der Waals surface area contributed by atoms with Crippen LogP contribution in [-0.2, 0) is 6.54 Å². The van der Waals surface area contributed by atoms with Gasteiger partial charge >= 0.3 is 0 Å². The van der Waals surface area contributed by atoms with Crippen molar-refractivity contribution in [2.24, 2.45) is 0 Å². The number of halogens is 2. The molecule has 0 bridgehead atoms. The molecule has 2 N–H and O–H groups in total. The highest BCUT2D eigenvalue weighted by molar-refractivity contribution is 6.08. The summed E-state index contributed by atoms with van der Waals surface area (Å²) in [5, 5.41) is 5.39. The van der Waals surface area contributed by atoms with Crippen LogP contribution in [0.15, 0.2) is 72.8 Å². The van der Waals surface area contributed by atoms with E-state index in [1.54, 1.807) is 36.4 Å².